The van der Waals surface area contributed by atoms with E-state index < -0.39 is 0 Å². The highest BCUT2D eigenvalue weighted by molar-refractivity contribution is 6.00. The van der Waals surface area contributed by atoms with Crippen LogP contribution >= 0.6 is 0 Å². The number of hydrogen-bond donors (Lipinski definition) is 0. The van der Waals surface area contributed by atoms with E-state index in [4.69, 9.17) is 4.98 Å². The van der Waals surface area contributed by atoms with Gasteiger partial charge in [-0.05, 0) is 142 Å². The summed E-state index contributed by atoms with van der Waals surface area (Å²) in [5, 5.41) is 4.86. The van der Waals surface area contributed by atoms with Gasteiger partial charge in [0.1, 0.15) is 0 Å². The molecular formula is C73H52N4. The molecule has 0 aliphatic carbocycles. The number of nitrogens with zero attached hydrogens (tertiary/aromatic N) is 4. The Bertz CT molecular complexity index is 3830. The van der Waals surface area contributed by atoms with Crippen LogP contribution in [0.3, 0.4) is 0 Å². The van der Waals surface area contributed by atoms with E-state index in [1.165, 1.54) is 38.2 Å². The van der Waals surface area contributed by atoms with Gasteiger partial charge in [-0.15, -0.1) is 0 Å². The average Bonchev–Trinajstić information content (AvgIpc) is 3.52. The molecule has 0 spiro atoms. The van der Waals surface area contributed by atoms with Crippen LogP contribution in [0.15, 0.2) is 316 Å². The molecular weight excluding hydrogens is 933 g/mol. The summed E-state index contributed by atoms with van der Waals surface area (Å²) in [6, 6.07) is 110. The van der Waals surface area contributed by atoms with Crippen molar-refractivity contribution in [2.24, 2.45) is 0 Å². The Hall–Kier alpha value is -10.3. The van der Waals surface area contributed by atoms with Gasteiger partial charge in [0.2, 0.25) is 0 Å². The quantitative estimate of drug-likeness (QED) is 0.115. The van der Waals surface area contributed by atoms with Crippen LogP contribution in [0, 0.1) is 0 Å². The molecule has 77 heavy (non-hydrogen) atoms. The maximum absolute atomic E-state index is 4.98. The Labute approximate surface area is 450 Å². The molecule has 0 bridgehead atoms. The molecule has 0 radical (unpaired) electrons. The first-order chi connectivity index (χ1) is 38.2. The minimum Gasteiger partial charge on any atom is -0.311 e. The molecule has 364 valence electrons. The normalized spacial score (nSPS) is 11.1. The topological polar surface area (TPSA) is 22.6 Å². The van der Waals surface area contributed by atoms with Crippen LogP contribution in [0.1, 0.15) is 0 Å². The van der Waals surface area contributed by atoms with Gasteiger partial charge in [-0.2, -0.15) is 0 Å². The van der Waals surface area contributed by atoms with Crippen LogP contribution in [0.25, 0.3) is 66.2 Å². The van der Waals surface area contributed by atoms with E-state index >= 15 is 0 Å². The minimum absolute atomic E-state index is 0.924. The number of fused-ring (bicyclic) bond motifs is 2. The van der Waals surface area contributed by atoms with E-state index in [0.29, 0.717) is 0 Å². The number of para-hydroxylation sites is 3. The summed E-state index contributed by atoms with van der Waals surface area (Å²) >= 11 is 0. The van der Waals surface area contributed by atoms with Crippen molar-refractivity contribution in [1.82, 2.24) is 4.98 Å². The first-order valence-corrected chi connectivity index (χ1v) is 26.2. The van der Waals surface area contributed by atoms with E-state index in [-0.39, 0.29) is 0 Å². The van der Waals surface area contributed by atoms with E-state index in [1.807, 2.05) is 6.20 Å². The molecule has 0 saturated carbocycles. The van der Waals surface area contributed by atoms with Crippen molar-refractivity contribution in [2.45, 2.75) is 0 Å². The van der Waals surface area contributed by atoms with E-state index in [2.05, 4.69) is 324 Å². The fourth-order valence-corrected chi connectivity index (χ4v) is 10.6. The van der Waals surface area contributed by atoms with Crippen molar-refractivity contribution in [3.63, 3.8) is 0 Å². The molecule has 13 aromatic rings. The molecule has 0 amide bonds. The molecule has 1 aromatic heterocycles. The summed E-state index contributed by atoms with van der Waals surface area (Å²) in [6.07, 6.45) is 1.98. The first kappa shape index (κ1) is 46.5. The van der Waals surface area contributed by atoms with Crippen LogP contribution in [0.2, 0.25) is 0 Å². The molecule has 4 nitrogen and oxygen atoms in total. The fraction of sp³-hybridized carbons (Fsp3) is 0. The average molecular weight is 985 g/mol. The van der Waals surface area contributed by atoms with Crippen LogP contribution in [-0.2, 0) is 0 Å². The molecule has 0 unspecified atom stereocenters. The SMILES string of the molecule is c1ccc(N(c2ccc(-c3ccc(-c4ccc(N(c5ccccc5)c5cccc6ccccc56)cc4)cc3)cc2)c2ccc(-c3ccc(-c4ccc(N(c5ccccc5)c5cccc6ccccc56)cc4)cn3)cc2)cc1. The predicted molar refractivity (Wildman–Crippen MR) is 325 cm³/mol. The predicted octanol–water partition coefficient (Wildman–Crippen LogP) is 20.5. The van der Waals surface area contributed by atoms with E-state index in [0.717, 1.165) is 79.1 Å². The molecule has 0 aliphatic heterocycles. The maximum atomic E-state index is 4.98. The summed E-state index contributed by atoms with van der Waals surface area (Å²) in [7, 11) is 0. The summed E-state index contributed by atoms with van der Waals surface area (Å²) in [5.41, 5.74) is 18.8. The van der Waals surface area contributed by atoms with Crippen LogP contribution in [0.5, 0.6) is 0 Å². The van der Waals surface area contributed by atoms with Gasteiger partial charge in [0.05, 0.1) is 17.1 Å². The van der Waals surface area contributed by atoms with Crippen molar-refractivity contribution in [3.8, 4) is 44.6 Å². The van der Waals surface area contributed by atoms with Crippen LogP contribution in [-0.4, -0.2) is 4.98 Å². The lowest BCUT2D eigenvalue weighted by Crippen LogP contribution is -2.10. The Morgan fingerprint density at radius 3 is 0.870 bits per heavy atom. The lowest BCUT2D eigenvalue weighted by molar-refractivity contribution is 1.28. The van der Waals surface area contributed by atoms with Crippen molar-refractivity contribution < 1.29 is 0 Å². The lowest BCUT2D eigenvalue weighted by Gasteiger charge is -2.27. The molecule has 0 N–H and O–H groups in total. The second-order valence-electron chi connectivity index (χ2n) is 19.2. The Morgan fingerprint density at radius 2 is 0.481 bits per heavy atom. The number of benzene rings is 12. The lowest BCUT2D eigenvalue weighted by atomic mass is 9.99. The zero-order valence-electron chi connectivity index (χ0n) is 42.3. The summed E-state index contributed by atoms with van der Waals surface area (Å²) < 4.78 is 0. The second kappa shape index (κ2) is 20.9. The Kier molecular flexibility index (Phi) is 12.6. The zero-order valence-corrected chi connectivity index (χ0v) is 42.3. The molecule has 0 atom stereocenters. The highest BCUT2D eigenvalue weighted by Gasteiger charge is 2.18. The van der Waals surface area contributed by atoms with Crippen molar-refractivity contribution in [3.05, 3.63) is 316 Å². The van der Waals surface area contributed by atoms with Crippen LogP contribution < -0.4 is 14.7 Å². The smallest absolute Gasteiger partial charge is 0.0702 e. The Balaban J connectivity index is 0.714. The second-order valence-corrected chi connectivity index (χ2v) is 19.2. The minimum atomic E-state index is 0.924. The molecule has 4 heteroatoms. The molecule has 13 rings (SSSR count). The number of hydrogen-bond acceptors (Lipinski definition) is 4. The van der Waals surface area contributed by atoms with Gasteiger partial charge < -0.3 is 14.7 Å². The van der Waals surface area contributed by atoms with Crippen molar-refractivity contribution in [1.29, 1.82) is 0 Å². The summed E-state index contributed by atoms with van der Waals surface area (Å²) in [5.74, 6) is 0. The van der Waals surface area contributed by atoms with Gasteiger partial charge in [-0.3, -0.25) is 4.98 Å². The van der Waals surface area contributed by atoms with E-state index in [1.54, 1.807) is 0 Å². The highest BCUT2D eigenvalue weighted by Crippen LogP contribution is 2.42. The van der Waals surface area contributed by atoms with Crippen molar-refractivity contribution in [2.75, 3.05) is 14.7 Å². The molecule has 0 fully saturated rings. The molecule has 0 aliphatic rings. The monoisotopic (exact) mass is 984 g/mol. The third-order valence-corrected chi connectivity index (χ3v) is 14.5. The number of rotatable bonds is 13. The first-order valence-electron chi connectivity index (χ1n) is 26.2. The zero-order chi connectivity index (χ0) is 51.3. The number of anilines is 9. The third-order valence-electron chi connectivity index (χ3n) is 14.5. The summed E-state index contributed by atoms with van der Waals surface area (Å²) in [6.45, 7) is 0. The third kappa shape index (κ3) is 9.48. The molecule has 0 saturated heterocycles. The Morgan fingerprint density at radius 1 is 0.195 bits per heavy atom. The maximum Gasteiger partial charge on any atom is 0.0702 e. The van der Waals surface area contributed by atoms with Gasteiger partial charge in [-0.1, -0.05) is 206 Å². The highest BCUT2D eigenvalue weighted by atomic mass is 15.2. The van der Waals surface area contributed by atoms with Crippen molar-refractivity contribution >= 4 is 72.7 Å². The van der Waals surface area contributed by atoms with Crippen LogP contribution in [0.4, 0.5) is 51.2 Å². The van der Waals surface area contributed by atoms with Gasteiger partial charge in [0.25, 0.3) is 0 Å². The largest absolute Gasteiger partial charge is 0.311 e. The van der Waals surface area contributed by atoms with Gasteiger partial charge in [0, 0.05) is 67.9 Å². The number of pyridine rings is 1. The van der Waals surface area contributed by atoms with Gasteiger partial charge >= 0.3 is 0 Å². The summed E-state index contributed by atoms with van der Waals surface area (Å²) in [4.78, 5) is 12.0. The molecule has 1 heterocycles. The van der Waals surface area contributed by atoms with Gasteiger partial charge in [0.15, 0.2) is 0 Å². The molecule has 12 aromatic carbocycles. The van der Waals surface area contributed by atoms with Gasteiger partial charge in [-0.25, -0.2) is 0 Å². The standard InChI is InChI=1S/C73H52N4/c1-4-20-62(21-5-1)75(65-43-34-55(35-44-65)53-30-32-54(33-31-53)56-36-45-67(46-37-56)76(63-22-6-2-7-23-63)72-28-14-18-58-16-10-12-26-69(58)72)66-49-40-60(41-50-66)71-51-42-61(52-74-71)57-38-47-68(48-39-57)77(64-24-8-3-9-25-64)73-29-15-19-59-17-11-13-27-70(59)73/h1-52H. The fourth-order valence-electron chi connectivity index (χ4n) is 10.6. The number of aromatic nitrogens is 1. The van der Waals surface area contributed by atoms with E-state index in [9.17, 15) is 0 Å².